The molecule has 1 unspecified atom stereocenters. The zero-order valence-corrected chi connectivity index (χ0v) is 29.3. The molecule has 5 nitrogen and oxygen atoms in total. The van der Waals surface area contributed by atoms with Gasteiger partial charge in [-0.3, -0.25) is 4.79 Å². The highest BCUT2D eigenvalue weighted by Gasteiger charge is 2.43. The monoisotopic (exact) mass is 596 g/mol. The van der Waals surface area contributed by atoms with Gasteiger partial charge < -0.3 is 0 Å². The second-order valence-corrected chi connectivity index (χ2v) is 14.9. The van der Waals surface area contributed by atoms with Gasteiger partial charge in [0.25, 0.3) is 0 Å². The Hall–Kier alpha value is -2.05. The van der Waals surface area contributed by atoms with Gasteiger partial charge in [-0.05, 0) is 95.4 Å². The van der Waals surface area contributed by atoms with E-state index in [-0.39, 0.29) is 11.2 Å². The summed E-state index contributed by atoms with van der Waals surface area (Å²) in [5.74, 6) is -0.0370. The third-order valence-electron chi connectivity index (χ3n) is 8.34. The second-order valence-electron chi connectivity index (χ2n) is 14.9. The lowest BCUT2D eigenvalue weighted by Gasteiger charge is -2.37. The van der Waals surface area contributed by atoms with Crippen molar-refractivity contribution in [3.05, 3.63) is 70.8 Å². The minimum Gasteiger partial charge on any atom is -0.291 e. The molecule has 0 aliphatic heterocycles. The lowest BCUT2D eigenvalue weighted by atomic mass is 9.81. The van der Waals surface area contributed by atoms with Gasteiger partial charge in [-0.15, -0.1) is 0 Å². The Morgan fingerprint density at radius 2 is 1.28 bits per heavy atom. The Morgan fingerprint density at radius 1 is 0.698 bits per heavy atom. The van der Waals surface area contributed by atoms with Gasteiger partial charge >= 0.3 is 0 Å². The van der Waals surface area contributed by atoms with E-state index in [9.17, 15) is 4.79 Å². The number of unbranched alkanes of at least 4 members (excludes halogenated alkanes) is 2. The molecule has 0 heterocycles. The summed E-state index contributed by atoms with van der Waals surface area (Å²) in [7, 11) is 0. The Balaban J connectivity index is 2.50. The molecule has 0 saturated heterocycles. The van der Waals surface area contributed by atoms with Crippen molar-refractivity contribution in [2.24, 2.45) is 5.41 Å². The molecule has 2 rings (SSSR count). The van der Waals surface area contributed by atoms with E-state index in [1.54, 1.807) is 0 Å². The summed E-state index contributed by atoms with van der Waals surface area (Å²) < 4.78 is 0. The highest BCUT2D eigenvalue weighted by atomic mass is 17.2. The molecule has 0 spiro atoms. The first-order valence-electron chi connectivity index (χ1n) is 16.4. The van der Waals surface area contributed by atoms with Crippen LogP contribution in [0.4, 0.5) is 0 Å². The maximum Gasteiger partial charge on any atom is 0.198 e. The van der Waals surface area contributed by atoms with Crippen LogP contribution in [0.2, 0.25) is 0 Å². The van der Waals surface area contributed by atoms with E-state index in [0.29, 0.717) is 24.8 Å². The Bertz CT molecular complexity index is 1140. The number of carbonyl (C=O) groups excluding carboxylic acids is 1. The van der Waals surface area contributed by atoms with E-state index < -0.39 is 22.4 Å². The molecule has 0 aliphatic rings. The largest absolute Gasteiger partial charge is 0.291 e. The van der Waals surface area contributed by atoms with Crippen molar-refractivity contribution < 1.29 is 24.3 Å². The van der Waals surface area contributed by atoms with Crippen LogP contribution < -0.4 is 0 Å². The molecule has 0 bridgehead atoms. The van der Waals surface area contributed by atoms with E-state index in [1.165, 1.54) is 0 Å². The Labute approximate surface area is 262 Å². The van der Waals surface area contributed by atoms with E-state index in [2.05, 4.69) is 55.4 Å². The van der Waals surface area contributed by atoms with Crippen LogP contribution in [0.1, 0.15) is 155 Å². The van der Waals surface area contributed by atoms with Crippen molar-refractivity contribution in [2.75, 3.05) is 0 Å². The van der Waals surface area contributed by atoms with Crippen molar-refractivity contribution in [3.63, 3.8) is 0 Å². The molecule has 0 amide bonds. The standard InChI is InChI=1S/C38H60O5/c1-13-16-25-38(26-17-14-2,43-41-36(10,11)30-21-19-18-20-22-30)33(39)32-27-31(24-23-29(32)4)37(12,15-3)42-40-35(8,9)28-34(5,6)7/h18-24,27H,13-17,25-26,28H2,1-12H3. The minimum atomic E-state index is -1.10. The zero-order valence-electron chi connectivity index (χ0n) is 29.3. The second kappa shape index (κ2) is 15.3. The van der Waals surface area contributed by atoms with Crippen molar-refractivity contribution >= 4 is 5.78 Å². The Morgan fingerprint density at radius 3 is 1.79 bits per heavy atom. The van der Waals surface area contributed by atoms with Crippen LogP contribution in [0.3, 0.4) is 0 Å². The molecule has 5 heteroatoms. The summed E-state index contributed by atoms with van der Waals surface area (Å²) in [6, 6.07) is 16.1. The Kier molecular flexibility index (Phi) is 13.2. The van der Waals surface area contributed by atoms with E-state index in [4.69, 9.17) is 19.6 Å². The molecular formula is C38H60O5. The normalized spacial score (nSPS) is 14.5. The van der Waals surface area contributed by atoms with Crippen molar-refractivity contribution in [1.82, 2.24) is 0 Å². The van der Waals surface area contributed by atoms with E-state index in [1.807, 2.05) is 76.2 Å². The van der Waals surface area contributed by atoms with Gasteiger partial charge in [-0.25, -0.2) is 19.6 Å². The third-order valence-corrected chi connectivity index (χ3v) is 8.34. The predicted octanol–water partition coefficient (Wildman–Crippen LogP) is 11.0. The van der Waals surface area contributed by atoms with Gasteiger partial charge in [-0.1, -0.05) is 110 Å². The lowest BCUT2D eigenvalue weighted by Crippen LogP contribution is -2.44. The fourth-order valence-electron chi connectivity index (χ4n) is 5.73. The zero-order chi connectivity index (χ0) is 32.5. The van der Waals surface area contributed by atoms with Crippen molar-refractivity contribution in [3.8, 4) is 0 Å². The highest BCUT2D eigenvalue weighted by Crippen LogP contribution is 2.39. The molecule has 0 N–H and O–H groups in total. The molecule has 2 aromatic carbocycles. The average Bonchev–Trinajstić information content (AvgIpc) is 2.95. The summed E-state index contributed by atoms with van der Waals surface area (Å²) in [5.41, 5.74) is 0.504. The highest BCUT2D eigenvalue weighted by molar-refractivity contribution is 6.03. The smallest absolute Gasteiger partial charge is 0.198 e. The maximum absolute atomic E-state index is 14.7. The van der Waals surface area contributed by atoms with Crippen LogP contribution in [0.25, 0.3) is 0 Å². The topological polar surface area (TPSA) is 54.0 Å². The van der Waals surface area contributed by atoms with Crippen LogP contribution in [0.15, 0.2) is 48.5 Å². The molecule has 0 fully saturated rings. The van der Waals surface area contributed by atoms with Gasteiger partial charge in [0.2, 0.25) is 0 Å². The number of Topliss-reactive ketones (excluding diaryl/α,β-unsaturated/α-hetero) is 1. The first kappa shape index (κ1) is 37.1. The van der Waals surface area contributed by atoms with Gasteiger partial charge in [-0.2, -0.15) is 0 Å². The van der Waals surface area contributed by atoms with Crippen molar-refractivity contribution in [2.45, 2.75) is 157 Å². The molecule has 0 saturated carbocycles. The fourth-order valence-corrected chi connectivity index (χ4v) is 5.73. The minimum absolute atomic E-state index is 0.0370. The van der Waals surface area contributed by atoms with Crippen LogP contribution >= 0.6 is 0 Å². The number of hydrogen-bond acceptors (Lipinski definition) is 5. The fraction of sp³-hybridized carbons (Fsp3) is 0.658. The first-order valence-corrected chi connectivity index (χ1v) is 16.4. The van der Waals surface area contributed by atoms with E-state index >= 15 is 0 Å². The summed E-state index contributed by atoms with van der Waals surface area (Å²) in [5, 5.41) is 0. The van der Waals surface area contributed by atoms with Crippen LogP contribution in [-0.2, 0) is 30.8 Å². The molecule has 242 valence electrons. The van der Waals surface area contributed by atoms with E-state index in [0.717, 1.165) is 48.8 Å². The quantitative estimate of drug-likeness (QED) is 0.0973. The predicted molar refractivity (Wildman–Crippen MR) is 177 cm³/mol. The lowest BCUT2D eigenvalue weighted by molar-refractivity contribution is -0.413. The van der Waals surface area contributed by atoms with Gasteiger partial charge in [0.1, 0.15) is 11.2 Å². The number of carbonyl (C=O) groups is 1. The first-order chi connectivity index (χ1) is 19.9. The number of aryl methyl sites for hydroxylation is 1. The number of rotatable bonds is 18. The molecule has 43 heavy (non-hydrogen) atoms. The van der Waals surface area contributed by atoms with Gasteiger partial charge in [0, 0.05) is 5.56 Å². The van der Waals surface area contributed by atoms with Crippen LogP contribution in [0, 0.1) is 12.3 Å². The van der Waals surface area contributed by atoms with Crippen LogP contribution in [-0.4, -0.2) is 17.0 Å². The maximum atomic E-state index is 14.7. The summed E-state index contributed by atoms with van der Waals surface area (Å²) in [6.07, 6.45) is 6.31. The third kappa shape index (κ3) is 10.5. The van der Waals surface area contributed by atoms with Gasteiger partial charge in [0.05, 0.1) is 5.60 Å². The number of ketones is 1. The van der Waals surface area contributed by atoms with Gasteiger partial charge in [0.15, 0.2) is 11.4 Å². The molecule has 0 aliphatic carbocycles. The number of benzene rings is 2. The summed E-state index contributed by atoms with van der Waals surface area (Å²) in [4.78, 5) is 39.7. The molecule has 0 radical (unpaired) electrons. The molecule has 1 atom stereocenters. The number of hydrogen-bond donors (Lipinski definition) is 0. The summed E-state index contributed by atoms with van der Waals surface area (Å²) in [6.45, 7) is 25.1. The summed E-state index contributed by atoms with van der Waals surface area (Å²) >= 11 is 0. The van der Waals surface area contributed by atoms with Crippen LogP contribution in [0.5, 0.6) is 0 Å². The molecular weight excluding hydrogens is 536 g/mol. The molecule has 0 aromatic heterocycles. The van der Waals surface area contributed by atoms with Crippen molar-refractivity contribution in [1.29, 1.82) is 0 Å². The SMILES string of the molecule is CCCCC(CCCC)(OOC(C)(C)c1ccccc1)C(=O)c1cc(C(C)(CC)OOC(C)(C)CC(C)(C)C)ccc1C. The molecule has 2 aromatic rings. The average molecular weight is 597 g/mol.